The zero-order valence-electron chi connectivity index (χ0n) is 11.4. The van der Waals surface area contributed by atoms with E-state index in [1.54, 1.807) is 18.2 Å². The van der Waals surface area contributed by atoms with Crippen LogP contribution in [0.2, 0.25) is 5.02 Å². The average Bonchev–Trinajstić information content (AvgIpc) is 2.49. The van der Waals surface area contributed by atoms with E-state index < -0.39 is 17.7 Å². The summed E-state index contributed by atoms with van der Waals surface area (Å²) < 4.78 is 32.3. The third-order valence-corrected chi connectivity index (χ3v) is 3.46. The Bertz CT molecular complexity index is 637. The summed E-state index contributed by atoms with van der Waals surface area (Å²) in [5, 5.41) is 0.505. The number of halogens is 3. The van der Waals surface area contributed by atoms with E-state index in [0.29, 0.717) is 16.3 Å². The van der Waals surface area contributed by atoms with Crippen LogP contribution in [0.15, 0.2) is 36.4 Å². The first-order chi connectivity index (χ1) is 10.1. The predicted octanol–water partition coefficient (Wildman–Crippen LogP) is 3.37. The van der Waals surface area contributed by atoms with Crippen molar-refractivity contribution in [2.24, 2.45) is 5.84 Å². The molecule has 2 rings (SSSR count). The Morgan fingerprint density at radius 3 is 2.71 bits per heavy atom. The molecule has 112 valence electrons. The first kappa shape index (κ1) is 15.7. The van der Waals surface area contributed by atoms with Gasteiger partial charge in [-0.3, -0.25) is 11.3 Å². The molecule has 21 heavy (non-hydrogen) atoms. The standard InChI is InChI=1S/C15H15ClF2N2O/c1-21-14-6-5-10(16)8-11(14)13(20-19)7-9-3-2-4-12(17)15(9)18/h2-6,8,13,20H,7,19H2,1H3. The molecule has 1 unspecified atom stereocenters. The molecule has 0 fully saturated rings. The molecule has 0 saturated carbocycles. The number of ether oxygens (including phenoxy) is 1. The summed E-state index contributed by atoms with van der Waals surface area (Å²) in [4.78, 5) is 0. The van der Waals surface area contributed by atoms with E-state index in [2.05, 4.69) is 5.43 Å². The van der Waals surface area contributed by atoms with Crippen LogP contribution in [0.1, 0.15) is 17.2 Å². The fourth-order valence-corrected chi connectivity index (χ4v) is 2.34. The minimum absolute atomic E-state index is 0.163. The number of hydrogen-bond acceptors (Lipinski definition) is 3. The maximum absolute atomic E-state index is 13.8. The van der Waals surface area contributed by atoms with Crippen molar-refractivity contribution < 1.29 is 13.5 Å². The highest BCUT2D eigenvalue weighted by Gasteiger charge is 2.19. The molecular weight excluding hydrogens is 298 g/mol. The molecule has 0 radical (unpaired) electrons. The quantitative estimate of drug-likeness (QED) is 0.657. The summed E-state index contributed by atoms with van der Waals surface area (Å²) in [6, 6.07) is 8.64. The Balaban J connectivity index is 2.36. The van der Waals surface area contributed by atoms with Gasteiger partial charge in [0.25, 0.3) is 0 Å². The Morgan fingerprint density at radius 2 is 2.05 bits per heavy atom. The van der Waals surface area contributed by atoms with Crippen LogP contribution in [0, 0.1) is 11.6 Å². The maximum atomic E-state index is 13.8. The van der Waals surface area contributed by atoms with Crippen LogP contribution in [-0.4, -0.2) is 7.11 Å². The summed E-state index contributed by atoms with van der Waals surface area (Å²) in [7, 11) is 1.52. The molecule has 2 aromatic carbocycles. The molecule has 2 aromatic rings. The largest absolute Gasteiger partial charge is 0.496 e. The van der Waals surface area contributed by atoms with Crippen molar-refractivity contribution >= 4 is 11.6 Å². The molecule has 0 aromatic heterocycles. The highest BCUT2D eigenvalue weighted by molar-refractivity contribution is 6.30. The van der Waals surface area contributed by atoms with E-state index in [4.69, 9.17) is 22.2 Å². The molecule has 0 bridgehead atoms. The Hall–Kier alpha value is -1.69. The number of benzene rings is 2. The third kappa shape index (κ3) is 3.50. The summed E-state index contributed by atoms with van der Waals surface area (Å²) in [6.45, 7) is 0. The molecule has 0 saturated heterocycles. The molecule has 3 N–H and O–H groups in total. The Morgan fingerprint density at radius 1 is 1.29 bits per heavy atom. The second kappa shape index (κ2) is 6.85. The summed E-state index contributed by atoms with van der Waals surface area (Å²) in [5.74, 6) is 4.35. The number of hydrazine groups is 1. The number of hydrogen-bond donors (Lipinski definition) is 2. The lowest BCUT2D eigenvalue weighted by Gasteiger charge is -2.20. The van der Waals surface area contributed by atoms with Gasteiger partial charge in [0.05, 0.1) is 13.2 Å². The second-order valence-electron chi connectivity index (χ2n) is 4.52. The zero-order chi connectivity index (χ0) is 15.4. The molecule has 0 aliphatic carbocycles. The first-order valence-electron chi connectivity index (χ1n) is 6.29. The van der Waals surface area contributed by atoms with E-state index >= 15 is 0 Å². The lowest BCUT2D eigenvalue weighted by Crippen LogP contribution is -2.30. The Kier molecular flexibility index (Phi) is 5.12. The fraction of sp³-hybridized carbons (Fsp3) is 0.200. The number of nitrogens with two attached hydrogens (primary N) is 1. The van der Waals surface area contributed by atoms with Crippen molar-refractivity contribution in [3.8, 4) is 5.75 Å². The summed E-state index contributed by atoms with van der Waals surface area (Å²) in [5.41, 5.74) is 3.49. The lowest BCUT2D eigenvalue weighted by molar-refractivity contribution is 0.397. The van der Waals surface area contributed by atoms with Gasteiger partial charge in [0, 0.05) is 10.6 Å². The smallest absolute Gasteiger partial charge is 0.162 e. The van der Waals surface area contributed by atoms with Gasteiger partial charge in [0.2, 0.25) is 0 Å². The summed E-state index contributed by atoms with van der Waals surface area (Å²) >= 11 is 5.98. The van der Waals surface area contributed by atoms with Gasteiger partial charge in [0.1, 0.15) is 5.75 Å². The topological polar surface area (TPSA) is 47.3 Å². The molecule has 3 nitrogen and oxygen atoms in total. The van der Waals surface area contributed by atoms with Crippen LogP contribution in [0.25, 0.3) is 0 Å². The lowest BCUT2D eigenvalue weighted by atomic mass is 9.98. The number of nitrogens with one attached hydrogen (secondary N) is 1. The van der Waals surface area contributed by atoms with E-state index in [1.807, 2.05) is 0 Å². The van der Waals surface area contributed by atoms with Gasteiger partial charge >= 0.3 is 0 Å². The van der Waals surface area contributed by atoms with E-state index in [0.717, 1.165) is 6.07 Å². The van der Waals surface area contributed by atoms with Gasteiger partial charge in [-0.2, -0.15) is 0 Å². The summed E-state index contributed by atoms with van der Waals surface area (Å²) in [6.07, 6.45) is 0.163. The molecule has 0 aliphatic heterocycles. The van der Waals surface area contributed by atoms with E-state index in [1.165, 1.54) is 19.2 Å². The zero-order valence-corrected chi connectivity index (χ0v) is 12.1. The highest BCUT2D eigenvalue weighted by atomic mass is 35.5. The van der Waals surface area contributed by atoms with Crippen LogP contribution in [0.5, 0.6) is 5.75 Å². The maximum Gasteiger partial charge on any atom is 0.162 e. The minimum atomic E-state index is -0.888. The van der Waals surface area contributed by atoms with Crippen molar-refractivity contribution in [3.63, 3.8) is 0 Å². The van der Waals surface area contributed by atoms with Crippen molar-refractivity contribution in [2.75, 3.05) is 7.11 Å². The predicted molar refractivity (Wildman–Crippen MR) is 78.1 cm³/mol. The molecule has 0 spiro atoms. The third-order valence-electron chi connectivity index (χ3n) is 3.22. The van der Waals surface area contributed by atoms with E-state index in [9.17, 15) is 8.78 Å². The first-order valence-corrected chi connectivity index (χ1v) is 6.67. The SMILES string of the molecule is COc1ccc(Cl)cc1C(Cc1cccc(F)c1F)NN. The van der Waals surface area contributed by atoms with Crippen LogP contribution in [0.3, 0.4) is 0 Å². The molecule has 0 aliphatic rings. The second-order valence-corrected chi connectivity index (χ2v) is 4.96. The molecule has 0 amide bonds. The van der Waals surface area contributed by atoms with Gasteiger partial charge in [-0.25, -0.2) is 8.78 Å². The van der Waals surface area contributed by atoms with Gasteiger partial charge in [-0.1, -0.05) is 23.7 Å². The number of rotatable bonds is 5. The van der Waals surface area contributed by atoms with Crippen LogP contribution in [0.4, 0.5) is 8.78 Å². The van der Waals surface area contributed by atoms with Gasteiger partial charge in [0.15, 0.2) is 11.6 Å². The van der Waals surface area contributed by atoms with Crippen LogP contribution >= 0.6 is 11.6 Å². The fourth-order valence-electron chi connectivity index (χ4n) is 2.16. The van der Waals surface area contributed by atoms with Gasteiger partial charge < -0.3 is 4.74 Å². The van der Waals surface area contributed by atoms with Crippen molar-refractivity contribution in [2.45, 2.75) is 12.5 Å². The van der Waals surface area contributed by atoms with Crippen LogP contribution < -0.4 is 16.0 Å². The molecule has 1 atom stereocenters. The van der Waals surface area contributed by atoms with Crippen LogP contribution in [-0.2, 0) is 6.42 Å². The molecule has 6 heteroatoms. The van der Waals surface area contributed by atoms with Gasteiger partial charge in [-0.05, 0) is 36.2 Å². The van der Waals surface area contributed by atoms with Crippen molar-refractivity contribution in [1.82, 2.24) is 5.43 Å². The normalized spacial score (nSPS) is 12.2. The number of methoxy groups -OCH3 is 1. The minimum Gasteiger partial charge on any atom is -0.496 e. The molecular formula is C15H15ClF2N2O. The van der Waals surface area contributed by atoms with Crippen molar-refractivity contribution in [1.29, 1.82) is 0 Å². The van der Waals surface area contributed by atoms with Crippen molar-refractivity contribution in [3.05, 3.63) is 64.2 Å². The highest BCUT2D eigenvalue weighted by Crippen LogP contribution is 2.30. The van der Waals surface area contributed by atoms with Gasteiger partial charge in [-0.15, -0.1) is 0 Å². The molecule has 0 heterocycles. The van der Waals surface area contributed by atoms with E-state index in [-0.39, 0.29) is 12.0 Å². The Labute approximate surface area is 126 Å². The average molecular weight is 313 g/mol. The monoisotopic (exact) mass is 312 g/mol.